The number of piperazine rings is 1. The fourth-order valence-electron chi connectivity index (χ4n) is 3.46. The number of carbonyl (C=O) groups is 2. The van der Waals surface area contributed by atoms with Crippen molar-refractivity contribution in [3.8, 4) is 0 Å². The Morgan fingerprint density at radius 3 is 2.40 bits per heavy atom. The molecule has 1 saturated heterocycles. The van der Waals surface area contributed by atoms with E-state index in [-0.39, 0.29) is 17.9 Å². The molecule has 1 N–H and O–H groups in total. The van der Waals surface area contributed by atoms with E-state index >= 15 is 0 Å². The molecule has 1 aliphatic heterocycles. The van der Waals surface area contributed by atoms with Crippen LogP contribution in [0, 0.1) is 5.92 Å². The summed E-state index contributed by atoms with van der Waals surface area (Å²) < 4.78 is 14.2. The van der Waals surface area contributed by atoms with Gasteiger partial charge in [0.2, 0.25) is 5.91 Å². The Balaban J connectivity index is 1.76. The minimum Gasteiger partial charge on any atom is -0.353 e. The molecule has 2 amide bonds. The summed E-state index contributed by atoms with van der Waals surface area (Å²) in [6.07, 6.45) is 7.88. The van der Waals surface area contributed by atoms with Gasteiger partial charge in [-0.1, -0.05) is 26.2 Å². The number of hydrogen-bond acceptors (Lipinski definition) is 3. The van der Waals surface area contributed by atoms with Crippen LogP contribution in [0.5, 0.6) is 0 Å². The molecule has 2 fully saturated rings. The fourth-order valence-corrected chi connectivity index (χ4v) is 3.46. The van der Waals surface area contributed by atoms with Gasteiger partial charge in [-0.3, -0.25) is 14.5 Å². The summed E-state index contributed by atoms with van der Waals surface area (Å²) in [6, 6.07) is 0.175. The van der Waals surface area contributed by atoms with E-state index in [9.17, 15) is 14.0 Å². The van der Waals surface area contributed by atoms with Crippen molar-refractivity contribution in [1.82, 2.24) is 15.1 Å². The lowest BCUT2D eigenvalue weighted by atomic mass is 9.89. The smallest absolute Gasteiger partial charge is 0.282 e. The van der Waals surface area contributed by atoms with Crippen LogP contribution in [-0.2, 0) is 9.59 Å². The molecule has 6 heteroatoms. The first kappa shape index (κ1) is 19.9. The Labute approximate surface area is 150 Å². The van der Waals surface area contributed by atoms with Gasteiger partial charge in [-0.05, 0) is 38.2 Å². The van der Waals surface area contributed by atoms with Crippen molar-refractivity contribution in [3.05, 3.63) is 11.9 Å². The molecule has 0 aromatic carbocycles. The fraction of sp³-hybridized carbons (Fsp3) is 0.789. The summed E-state index contributed by atoms with van der Waals surface area (Å²) in [5.41, 5.74) is 0. The predicted octanol–water partition coefficient (Wildman–Crippen LogP) is 2.48. The van der Waals surface area contributed by atoms with E-state index in [4.69, 9.17) is 0 Å². The summed E-state index contributed by atoms with van der Waals surface area (Å²) in [5, 5.41) is 2.94. The molecule has 0 radical (unpaired) electrons. The van der Waals surface area contributed by atoms with Crippen LogP contribution in [0.25, 0.3) is 0 Å². The number of carbonyl (C=O) groups excluding carboxylic acids is 2. The Hall–Kier alpha value is -1.43. The molecule has 2 rings (SSSR count). The summed E-state index contributed by atoms with van der Waals surface area (Å²) in [4.78, 5) is 27.8. The molecule has 5 nitrogen and oxygen atoms in total. The summed E-state index contributed by atoms with van der Waals surface area (Å²) in [5.74, 6) is -0.870. The van der Waals surface area contributed by atoms with E-state index in [1.54, 1.807) is 4.90 Å². The van der Waals surface area contributed by atoms with Crippen LogP contribution in [0.2, 0.25) is 0 Å². The maximum atomic E-state index is 14.2. The van der Waals surface area contributed by atoms with Crippen molar-refractivity contribution in [1.29, 1.82) is 0 Å². The topological polar surface area (TPSA) is 52.7 Å². The molecule has 1 atom stereocenters. The number of nitrogens with one attached hydrogen (secondary N) is 1. The van der Waals surface area contributed by atoms with Crippen LogP contribution in [0.15, 0.2) is 11.9 Å². The number of hydrogen-bond donors (Lipinski definition) is 1. The number of allylic oxidation sites excluding steroid dienone is 1. The Morgan fingerprint density at radius 1 is 1.16 bits per heavy atom. The SMILES string of the molecule is CC[C@H](C)NC(=O)CN1CCN(C(=O)/C(F)=C\C2CCCCC2)CC1. The maximum absolute atomic E-state index is 14.2. The molecule has 1 heterocycles. The molecular weight excluding hydrogens is 321 g/mol. The second kappa shape index (κ2) is 9.90. The highest BCUT2D eigenvalue weighted by atomic mass is 19.1. The van der Waals surface area contributed by atoms with Crippen LogP contribution < -0.4 is 5.32 Å². The monoisotopic (exact) mass is 353 g/mol. The molecule has 1 saturated carbocycles. The molecule has 2 aliphatic rings. The molecular formula is C19H32FN3O2. The highest BCUT2D eigenvalue weighted by Crippen LogP contribution is 2.26. The zero-order chi connectivity index (χ0) is 18.2. The number of nitrogens with zero attached hydrogens (tertiary/aromatic N) is 2. The molecule has 0 aromatic heterocycles. The quantitative estimate of drug-likeness (QED) is 0.747. The largest absolute Gasteiger partial charge is 0.353 e. The van der Waals surface area contributed by atoms with Gasteiger partial charge in [0, 0.05) is 32.2 Å². The van der Waals surface area contributed by atoms with Crippen molar-refractivity contribution in [2.45, 2.75) is 58.4 Å². The van der Waals surface area contributed by atoms with Gasteiger partial charge in [-0.2, -0.15) is 0 Å². The van der Waals surface area contributed by atoms with E-state index in [2.05, 4.69) is 5.32 Å². The minimum absolute atomic E-state index is 0.0116. The molecule has 0 spiro atoms. The van der Waals surface area contributed by atoms with E-state index in [0.29, 0.717) is 32.7 Å². The third-order valence-corrected chi connectivity index (χ3v) is 5.28. The van der Waals surface area contributed by atoms with Crippen LogP contribution in [0.4, 0.5) is 4.39 Å². The van der Waals surface area contributed by atoms with E-state index < -0.39 is 11.7 Å². The molecule has 0 bridgehead atoms. The summed E-state index contributed by atoms with van der Waals surface area (Å²) in [6.45, 7) is 6.52. The second-order valence-corrected chi connectivity index (χ2v) is 7.36. The average Bonchev–Trinajstić information content (AvgIpc) is 2.62. The van der Waals surface area contributed by atoms with Crippen molar-refractivity contribution < 1.29 is 14.0 Å². The van der Waals surface area contributed by atoms with Gasteiger partial charge in [0.1, 0.15) is 0 Å². The third kappa shape index (κ3) is 6.42. The van der Waals surface area contributed by atoms with E-state index in [0.717, 1.165) is 32.1 Å². The zero-order valence-corrected chi connectivity index (χ0v) is 15.6. The van der Waals surface area contributed by atoms with Crippen molar-refractivity contribution >= 4 is 11.8 Å². The predicted molar refractivity (Wildman–Crippen MR) is 96.7 cm³/mol. The maximum Gasteiger partial charge on any atom is 0.282 e. The first-order valence-electron chi connectivity index (χ1n) is 9.68. The Morgan fingerprint density at radius 2 is 1.80 bits per heavy atom. The molecule has 142 valence electrons. The third-order valence-electron chi connectivity index (χ3n) is 5.28. The van der Waals surface area contributed by atoms with E-state index in [1.165, 1.54) is 12.5 Å². The van der Waals surface area contributed by atoms with Crippen LogP contribution >= 0.6 is 0 Å². The minimum atomic E-state index is -0.602. The number of halogens is 1. The van der Waals surface area contributed by atoms with Crippen LogP contribution in [-0.4, -0.2) is 60.4 Å². The Bertz CT molecular complexity index is 481. The van der Waals surface area contributed by atoms with Crippen molar-refractivity contribution in [2.75, 3.05) is 32.7 Å². The van der Waals surface area contributed by atoms with Gasteiger partial charge in [-0.25, -0.2) is 4.39 Å². The first-order valence-corrected chi connectivity index (χ1v) is 9.68. The van der Waals surface area contributed by atoms with Gasteiger partial charge in [0.05, 0.1) is 6.54 Å². The summed E-state index contributed by atoms with van der Waals surface area (Å²) >= 11 is 0. The van der Waals surface area contributed by atoms with Gasteiger partial charge >= 0.3 is 0 Å². The first-order chi connectivity index (χ1) is 12.0. The normalized spacial score (nSPS) is 21.9. The lowest BCUT2D eigenvalue weighted by Crippen LogP contribution is -2.51. The molecule has 25 heavy (non-hydrogen) atoms. The average molecular weight is 353 g/mol. The highest BCUT2D eigenvalue weighted by Gasteiger charge is 2.25. The number of amides is 2. The van der Waals surface area contributed by atoms with Gasteiger partial charge in [0.25, 0.3) is 5.91 Å². The molecule has 0 unspecified atom stereocenters. The van der Waals surface area contributed by atoms with E-state index in [1.807, 2.05) is 18.7 Å². The van der Waals surface area contributed by atoms with Gasteiger partial charge in [0.15, 0.2) is 5.83 Å². The van der Waals surface area contributed by atoms with Crippen molar-refractivity contribution in [3.63, 3.8) is 0 Å². The van der Waals surface area contributed by atoms with Gasteiger partial charge in [-0.15, -0.1) is 0 Å². The Kier molecular flexibility index (Phi) is 7.88. The zero-order valence-electron chi connectivity index (χ0n) is 15.6. The van der Waals surface area contributed by atoms with Gasteiger partial charge < -0.3 is 10.2 Å². The summed E-state index contributed by atoms with van der Waals surface area (Å²) in [7, 11) is 0. The standard InChI is InChI=1S/C19H32FN3O2/c1-3-15(2)21-18(24)14-22-9-11-23(12-10-22)19(25)17(20)13-16-7-5-4-6-8-16/h13,15-16H,3-12,14H2,1-2H3,(H,21,24)/b17-13+/t15-/m0/s1. The van der Waals surface area contributed by atoms with Crippen molar-refractivity contribution in [2.24, 2.45) is 5.92 Å². The van der Waals surface area contributed by atoms with Crippen LogP contribution in [0.1, 0.15) is 52.4 Å². The highest BCUT2D eigenvalue weighted by molar-refractivity contribution is 5.91. The lowest BCUT2D eigenvalue weighted by molar-refractivity contribution is -0.131. The lowest BCUT2D eigenvalue weighted by Gasteiger charge is -2.34. The molecule has 0 aromatic rings. The molecule has 1 aliphatic carbocycles. The second-order valence-electron chi connectivity index (χ2n) is 7.36. The number of rotatable bonds is 6. The van der Waals surface area contributed by atoms with Crippen LogP contribution in [0.3, 0.4) is 0 Å².